The summed E-state index contributed by atoms with van der Waals surface area (Å²) in [4.78, 5) is 24.5. The average molecular weight is 244 g/mol. The zero-order valence-electron chi connectivity index (χ0n) is 9.56. The van der Waals surface area contributed by atoms with Gasteiger partial charge < -0.3 is 5.32 Å². The number of H-pyrrole nitrogens is 2. The van der Waals surface area contributed by atoms with Gasteiger partial charge >= 0.3 is 5.69 Å². The van der Waals surface area contributed by atoms with Crippen LogP contribution >= 0.6 is 0 Å². The lowest BCUT2D eigenvalue weighted by Gasteiger charge is -2.10. The van der Waals surface area contributed by atoms with E-state index in [4.69, 9.17) is 0 Å². The summed E-state index contributed by atoms with van der Waals surface area (Å²) in [5.74, 6) is 0.160. The maximum Gasteiger partial charge on any atom is 0.342 e. The Kier molecular flexibility index (Phi) is 2.47. The third-order valence-electron chi connectivity index (χ3n) is 3.10. The number of hydrogen-bond donors (Lipinski definition) is 3. The molecule has 0 aliphatic heterocycles. The van der Waals surface area contributed by atoms with E-state index in [1.807, 2.05) is 12.1 Å². The second-order valence-electron chi connectivity index (χ2n) is 4.37. The van der Waals surface area contributed by atoms with Crippen molar-refractivity contribution in [1.29, 1.82) is 0 Å². The van der Waals surface area contributed by atoms with Crippen molar-refractivity contribution in [3.05, 3.63) is 56.2 Å². The van der Waals surface area contributed by atoms with Gasteiger partial charge in [0.25, 0.3) is 5.56 Å². The highest BCUT2D eigenvalue weighted by Crippen LogP contribution is 2.22. The second kappa shape index (κ2) is 4.14. The Morgan fingerprint density at radius 3 is 2.44 bits per heavy atom. The Balaban J connectivity index is 1.80. The molecule has 3 N–H and O–H groups in total. The number of nitrogens with one attached hydrogen (secondary N) is 3. The van der Waals surface area contributed by atoms with Crippen molar-refractivity contribution in [2.75, 3.05) is 5.32 Å². The number of nitrogens with zero attached hydrogens (tertiary/aromatic N) is 1. The molecule has 0 atom stereocenters. The number of aromatic nitrogens is 3. The van der Waals surface area contributed by atoms with Crippen LogP contribution in [0.5, 0.6) is 0 Å². The van der Waals surface area contributed by atoms with Crippen LogP contribution in [0.3, 0.4) is 0 Å². The van der Waals surface area contributed by atoms with Gasteiger partial charge in [0.05, 0.1) is 0 Å². The molecular formula is C12H12N4O2. The molecule has 6 heteroatoms. The van der Waals surface area contributed by atoms with E-state index in [-0.39, 0.29) is 11.9 Å². The SMILES string of the molecule is O=c1[nH]nc(NC2Cc3ccccc3C2)c(=O)[nH]1. The highest BCUT2D eigenvalue weighted by Gasteiger charge is 2.21. The first kappa shape index (κ1) is 10.8. The van der Waals surface area contributed by atoms with E-state index in [0.29, 0.717) is 0 Å². The first-order valence-corrected chi connectivity index (χ1v) is 5.75. The molecular weight excluding hydrogens is 232 g/mol. The molecule has 0 amide bonds. The van der Waals surface area contributed by atoms with Gasteiger partial charge in [0.2, 0.25) is 5.82 Å². The molecule has 0 spiro atoms. The lowest BCUT2D eigenvalue weighted by Crippen LogP contribution is -2.31. The second-order valence-corrected chi connectivity index (χ2v) is 4.37. The van der Waals surface area contributed by atoms with Gasteiger partial charge in [-0.15, -0.1) is 5.10 Å². The summed E-state index contributed by atoms with van der Waals surface area (Å²) < 4.78 is 0. The van der Waals surface area contributed by atoms with Gasteiger partial charge in [0, 0.05) is 6.04 Å². The molecule has 0 saturated carbocycles. The Morgan fingerprint density at radius 1 is 1.17 bits per heavy atom. The maximum atomic E-state index is 11.5. The third-order valence-corrected chi connectivity index (χ3v) is 3.10. The van der Waals surface area contributed by atoms with Crippen LogP contribution in [0.25, 0.3) is 0 Å². The fourth-order valence-corrected chi connectivity index (χ4v) is 2.30. The van der Waals surface area contributed by atoms with Gasteiger partial charge in [-0.3, -0.25) is 9.78 Å². The van der Waals surface area contributed by atoms with Crippen LogP contribution in [-0.2, 0) is 12.8 Å². The Morgan fingerprint density at radius 2 is 1.83 bits per heavy atom. The standard InChI is InChI=1S/C12H12N4O2/c17-11-10(15-16-12(18)14-11)13-9-5-7-3-1-2-4-8(7)6-9/h1-4,9H,5-6H2,(H,13,15)(H2,14,16,17,18). The summed E-state index contributed by atoms with van der Waals surface area (Å²) in [5, 5.41) is 8.98. The van der Waals surface area contributed by atoms with Gasteiger partial charge in [0.1, 0.15) is 0 Å². The summed E-state index contributed by atoms with van der Waals surface area (Å²) in [7, 11) is 0. The smallest absolute Gasteiger partial charge is 0.342 e. The van der Waals surface area contributed by atoms with Crippen LogP contribution in [0.4, 0.5) is 5.82 Å². The minimum Gasteiger partial charge on any atom is -0.361 e. The zero-order chi connectivity index (χ0) is 12.5. The van der Waals surface area contributed by atoms with Gasteiger partial charge in [-0.25, -0.2) is 9.89 Å². The van der Waals surface area contributed by atoms with E-state index < -0.39 is 11.2 Å². The fourth-order valence-electron chi connectivity index (χ4n) is 2.30. The predicted molar refractivity (Wildman–Crippen MR) is 66.7 cm³/mol. The number of anilines is 1. The van der Waals surface area contributed by atoms with Crippen molar-refractivity contribution in [1.82, 2.24) is 15.2 Å². The van der Waals surface area contributed by atoms with Crippen LogP contribution < -0.4 is 16.6 Å². The van der Waals surface area contributed by atoms with Gasteiger partial charge in [0.15, 0.2) is 0 Å². The minimum atomic E-state index is -0.597. The molecule has 6 nitrogen and oxygen atoms in total. The highest BCUT2D eigenvalue weighted by atomic mass is 16.2. The molecule has 0 fully saturated rings. The number of rotatable bonds is 2. The van der Waals surface area contributed by atoms with Gasteiger partial charge in [-0.05, 0) is 24.0 Å². The van der Waals surface area contributed by atoms with Crippen LogP contribution in [0.2, 0.25) is 0 Å². The molecule has 1 aromatic heterocycles. The van der Waals surface area contributed by atoms with E-state index in [2.05, 4.69) is 32.6 Å². The monoisotopic (exact) mass is 244 g/mol. The molecule has 18 heavy (non-hydrogen) atoms. The van der Waals surface area contributed by atoms with E-state index in [9.17, 15) is 9.59 Å². The molecule has 1 aromatic carbocycles. The van der Waals surface area contributed by atoms with Crippen molar-refractivity contribution < 1.29 is 0 Å². The zero-order valence-corrected chi connectivity index (χ0v) is 9.56. The number of fused-ring (bicyclic) bond motifs is 1. The first-order valence-electron chi connectivity index (χ1n) is 5.75. The molecule has 2 aromatic rings. The number of aromatic amines is 2. The number of hydrogen-bond acceptors (Lipinski definition) is 4. The number of benzene rings is 1. The maximum absolute atomic E-state index is 11.5. The highest BCUT2D eigenvalue weighted by molar-refractivity contribution is 5.39. The average Bonchev–Trinajstić information content (AvgIpc) is 2.75. The molecule has 0 saturated heterocycles. The van der Waals surface area contributed by atoms with E-state index in [0.717, 1.165) is 12.8 Å². The molecule has 0 bridgehead atoms. The third kappa shape index (κ3) is 1.92. The van der Waals surface area contributed by atoms with Crippen LogP contribution in [0.1, 0.15) is 11.1 Å². The van der Waals surface area contributed by atoms with E-state index in [1.165, 1.54) is 11.1 Å². The largest absolute Gasteiger partial charge is 0.361 e. The van der Waals surface area contributed by atoms with Gasteiger partial charge in [-0.1, -0.05) is 24.3 Å². The molecule has 92 valence electrons. The minimum absolute atomic E-state index is 0.141. The molecule has 0 radical (unpaired) electrons. The predicted octanol–water partition coefficient (Wildman–Crippen LogP) is 0.0375. The summed E-state index contributed by atoms with van der Waals surface area (Å²) in [6.45, 7) is 0. The normalized spacial score (nSPS) is 14.4. The van der Waals surface area contributed by atoms with Crippen molar-refractivity contribution in [3.63, 3.8) is 0 Å². The molecule has 1 heterocycles. The Hall–Kier alpha value is -2.37. The molecule has 1 aliphatic rings. The van der Waals surface area contributed by atoms with E-state index >= 15 is 0 Å². The topological polar surface area (TPSA) is 90.6 Å². The van der Waals surface area contributed by atoms with Crippen molar-refractivity contribution in [2.24, 2.45) is 0 Å². The first-order chi connectivity index (χ1) is 8.72. The van der Waals surface area contributed by atoms with Crippen molar-refractivity contribution in [3.8, 4) is 0 Å². The summed E-state index contributed by atoms with van der Waals surface area (Å²) in [6, 6.07) is 8.32. The fraction of sp³-hybridized carbons (Fsp3) is 0.250. The van der Waals surface area contributed by atoms with Crippen molar-refractivity contribution >= 4 is 5.82 Å². The molecule has 1 aliphatic carbocycles. The van der Waals surface area contributed by atoms with Crippen LogP contribution in [-0.4, -0.2) is 21.2 Å². The quantitative estimate of drug-likeness (QED) is 0.695. The summed E-state index contributed by atoms with van der Waals surface area (Å²) >= 11 is 0. The lowest BCUT2D eigenvalue weighted by molar-refractivity contribution is 0.753. The Bertz CT molecular complexity index is 664. The van der Waals surface area contributed by atoms with Crippen LogP contribution in [0.15, 0.2) is 33.9 Å². The van der Waals surface area contributed by atoms with E-state index in [1.54, 1.807) is 0 Å². The van der Waals surface area contributed by atoms with Crippen LogP contribution in [0, 0.1) is 0 Å². The van der Waals surface area contributed by atoms with Crippen molar-refractivity contribution in [2.45, 2.75) is 18.9 Å². The lowest BCUT2D eigenvalue weighted by atomic mass is 10.1. The molecule has 3 rings (SSSR count). The summed E-state index contributed by atoms with van der Waals surface area (Å²) in [5.41, 5.74) is 1.49. The summed E-state index contributed by atoms with van der Waals surface area (Å²) in [6.07, 6.45) is 1.72. The Labute approximate surface area is 102 Å². The van der Waals surface area contributed by atoms with Gasteiger partial charge in [-0.2, -0.15) is 0 Å². The molecule has 0 unspecified atom stereocenters.